The van der Waals surface area contributed by atoms with Crippen LogP contribution in [0.2, 0.25) is 0 Å². The number of alkyl halides is 3. The number of hydrogen-bond acceptors (Lipinski definition) is 3. The Hall–Kier alpha value is -2.06. The summed E-state index contributed by atoms with van der Waals surface area (Å²) < 4.78 is 38.9. The van der Waals surface area contributed by atoms with Crippen molar-refractivity contribution < 1.29 is 22.8 Å². The average molecular weight is 426 g/mol. The minimum Gasteiger partial charge on any atom is -0.347 e. The average Bonchev–Trinajstić information content (AvgIpc) is 3.02. The number of halogens is 3. The predicted molar refractivity (Wildman–Crippen MR) is 103 cm³/mol. The van der Waals surface area contributed by atoms with E-state index in [9.17, 15) is 22.8 Å². The zero-order valence-corrected chi connectivity index (χ0v) is 17.2. The van der Waals surface area contributed by atoms with Gasteiger partial charge in [-0.05, 0) is 61.7 Å². The standard InChI is InChI=1S/C21H29F3N4O2/c1-27(12-17-25-2-3-28(17)13-21(22,23)24)19(30)11-26-18(29)10-20-7-14-4-15(8-20)6-16(5-14)9-20/h2-3,14-16H,4-13H2,1H3,(H,26,29). The monoisotopic (exact) mass is 426 g/mol. The normalized spacial score (nSPS) is 29.8. The zero-order valence-electron chi connectivity index (χ0n) is 17.2. The Bertz CT molecular complexity index is 769. The van der Waals surface area contributed by atoms with Crippen molar-refractivity contribution in [2.75, 3.05) is 13.6 Å². The van der Waals surface area contributed by atoms with Crippen LogP contribution < -0.4 is 5.32 Å². The van der Waals surface area contributed by atoms with Crippen LogP contribution in [-0.2, 0) is 22.7 Å². The van der Waals surface area contributed by atoms with Crippen molar-refractivity contribution in [3.8, 4) is 0 Å². The Morgan fingerprint density at radius 1 is 1.20 bits per heavy atom. The van der Waals surface area contributed by atoms with Gasteiger partial charge < -0.3 is 14.8 Å². The summed E-state index contributed by atoms with van der Waals surface area (Å²) in [5.74, 6) is 1.99. The molecule has 0 aromatic carbocycles. The molecule has 5 rings (SSSR count). The SMILES string of the molecule is CN(Cc1nccn1CC(F)(F)F)C(=O)CNC(=O)CC12CC3CC(CC(C3)C1)C2. The highest BCUT2D eigenvalue weighted by atomic mass is 19.4. The van der Waals surface area contributed by atoms with Crippen LogP contribution in [0.4, 0.5) is 13.2 Å². The maximum absolute atomic E-state index is 12.6. The second-order valence-electron chi connectivity index (χ2n) is 9.71. The Morgan fingerprint density at radius 3 is 2.37 bits per heavy atom. The van der Waals surface area contributed by atoms with Crippen LogP contribution in [-0.4, -0.2) is 46.0 Å². The lowest BCUT2D eigenvalue weighted by atomic mass is 9.49. The first-order chi connectivity index (χ1) is 14.1. The summed E-state index contributed by atoms with van der Waals surface area (Å²) in [5.41, 5.74) is 0.107. The fraction of sp³-hybridized carbons (Fsp3) is 0.762. The topological polar surface area (TPSA) is 67.2 Å². The third-order valence-electron chi connectivity index (χ3n) is 7.09. The van der Waals surface area contributed by atoms with E-state index in [0.717, 1.165) is 41.6 Å². The van der Waals surface area contributed by atoms with Crippen LogP contribution in [0, 0.1) is 23.2 Å². The molecule has 2 amide bonds. The van der Waals surface area contributed by atoms with E-state index >= 15 is 0 Å². The minimum absolute atomic E-state index is 0.0488. The summed E-state index contributed by atoms with van der Waals surface area (Å²) in [4.78, 5) is 30.2. The van der Waals surface area contributed by atoms with Gasteiger partial charge in [0.15, 0.2) is 0 Å². The number of hydrogen-bond donors (Lipinski definition) is 1. The molecule has 0 atom stereocenters. The largest absolute Gasteiger partial charge is 0.406 e. The van der Waals surface area contributed by atoms with E-state index in [1.807, 2.05) is 0 Å². The van der Waals surface area contributed by atoms with Gasteiger partial charge in [0.25, 0.3) is 0 Å². The molecule has 0 spiro atoms. The molecule has 30 heavy (non-hydrogen) atoms. The lowest BCUT2D eigenvalue weighted by Gasteiger charge is -2.56. The second kappa shape index (κ2) is 7.89. The quantitative estimate of drug-likeness (QED) is 0.729. The van der Waals surface area contributed by atoms with Crippen LogP contribution in [0.1, 0.15) is 50.8 Å². The number of nitrogens with one attached hydrogen (secondary N) is 1. The van der Waals surface area contributed by atoms with E-state index in [2.05, 4.69) is 10.3 Å². The number of carbonyl (C=O) groups is 2. The molecule has 6 nitrogen and oxygen atoms in total. The Kier molecular flexibility index (Phi) is 5.57. The van der Waals surface area contributed by atoms with Gasteiger partial charge in [0.1, 0.15) is 12.4 Å². The van der Waals surface area contributed by atoms with Crippen molar-refractivity contribution >= 4 is 11.8 Å². The Morgan fingerprint density at radius 2 is 1.80 bits per heavy atom. The van der Waals surface area contributed by atoms with Gasteiger partial charge in [-0.3, -0.25) is 9.59 Å². The first-order valence-corrected chi connectivity index (χ1v) is 10.7. The molecule has 0 aliphatic heterocycles. The maximum atomic E-state index is 12.6. The van der Waals surface area contributed by atoms with Crippen LogP contribution in [0.15, 0.2) is 12.4 Å². The van der Waals surface area contributed by atoms with Gasteiger partial charge in [0.05, 0.1) is 13.1 Å². The van der Waals surface area contributed by atoms with Crippen molar-refractivity contribution in [2.45, 2.75) is 64.2 Å². The maximum Gasteiger partial charge on any atom is 0.406 e. The Labute approximate surface area is 174 Å². The van der Waals surface area contributed by atoms with Crippen molar-refractivity contribution in [1.82, 2.24) is 19.8 Å². The number of aromatic nitrogens is 2. The Balaban J connectivity index is 1.26. The smallest absolute Gasteiger partial charge is 0.347 e. The third-order valence-corrected chi connectivity index (χ3v) is 7.09. The molecule has 1 aromatic rings. The number of nitrogens with zero attached hydrogens (tertiary/aromatic N) is 3. The summed E-state index contributed by atoms with van der Waals surface area (Å²) in [5, 5.41) is 2.73. The lowest BCUT2D eigenvalue weighted by Crippen LogP contribution is -2.48. The van der Waals surface area contributed by atoms with Gasteiger partial charge in [0, 0.05) is 25.9 Å². The van der Waals surface area contributed by atoms with Crippen LogP contribution in [0.25, 0.3) is 0 Å². The van der Waals surface area contributed by atoms with E-state index in [1.54, 1.807) is 0 Å². The molecule has 0 radical (unpaired) electrons. The van der Waals surface area contributed by atoms with E-state index in [-0.39, 0.29) is 36.1 Å². The molecule has 1 aromatic heterocycles. The van der Waals surface area contributed by atoms with Crippen molar-refractivity contribution in [3.63, 3.8) is 0 Å². The van der Waals surface area contributed by atoms with Gasteiger partial charge in [-0.15, -0.1) is 0 Å². The van der Waals surface area contributed by atoms with Crippen molar-refractivity contribution in [2.24, 2.45) is 23.2 Å². The molecular weight excluding hydrogens is 397 g/mol. The number of likely N-dealkylation sites (N-methyl/N-ethyl adjacent to an activating group) is 1. The van der Waals surface area contributed by atoms with Gasteiger partial charge in [0.2, 0.25) is 11.8 Å². The van der Waals surface area contributed by atoms with Gasteiger partial charge in [-0.2, -0.15) is 13.2 Å². The number of rotatable bonds is 7. The fourth-order valence-electron chi connectivity index (χ4n) is 6.35. The number of amides is 2. The molecule has 4 saturated carbocycles. The van der Waals surface area contributed by atoms with Gasteiger partial charge >= 0.3 is 6.18 Å². The molecule has 4 aliphatic rings. The van der Waals surface area contributed by atoms with Crippen molar-refractivity contribution in [3.05, 3.63) is 18.2 Å². The lowest BCUT2D eigenvalue weighted by molar-refractivity contribution is -0.141. The summed E-state index contributed by atoms with van der Waals surface area (Å²) >= 11 is 0. The molecule has 4 fully saturated rings. The van der Waals surface area contributed by atoms with Crippen LogP contribution in [0.5, 0.6) is 0 Å². The van der Waals surface area contributed by atoms with Gasteiger partial charge in [-0.25, -0.2) is 4.98 Å². The summed E-state index contributed by atoms with van der Waals surface area (Å²) in [6, 6.07) is 0. The fourth-order valence-corrected chi connectivity index (χ4v) is 6.35. The minimum atomic E-state index is -4.36. The number of carbonyl (C=O) groups excluding carboxylic acids is 2. The first kappa shape index (κ1) is 21.2. The zero-order chi connectivity index (χ0) is 21.5. The molecule has 0 unspecified atom stereocenters. The van der Waals surface area contributed by atoms with Crippen LogP contribution >= 0.6 is 0 Å². The van der Waals surface area contributed by atoms with Crippen molar-refractivity contribution in [1.29, 1.82) is 0 Å². The van der Waals surface area contributed by atoms with E-state index in [4.69, 9.17) is 0 Å². The van der Waals surface area contributed by atoms with Crippen LogP contribution in [0.3, 0.4) is 0 Å². The summed E-state index contributed by atoms with van der Waals surface area (Å²) in [6.45, 7) is -1.35. The molecule has 4 bridgehead atoms. The second-order valence-corrected chi connectivity index (χ2v) is 9.71. The molecule has 1 N–H and O–H groups in total. The highest BCUT2D eigenvalue weighted by Gasteiger charge is 2.51. The molecule has 9 heteroatoms. The van der Waals surface area contributed by atoms with E-state index in [0.29, 0.717) is 6.42 Å². The van der Waals surface area contributed by atoms with E-state index < -0.39 is 12.7 Å². The third kappa shape index (κ3) is 4.81. The molecular formula is C21H29F3N4O2. The van der Waals surface area contributed by atoms with E-state index in [1.165, 1.54) is 43.6 Å². The number of imidazole rings is 1. The summed E-state index contributed by atoms with van der Waals surface area (Å²) in [6.07, 6.45) is 5.97. The predicted octanol–water partition coefficient (Wildman–Crippen LogP) is 3.13. The molecule has 166 valence electrons. The first-order valence-electron chi connectivity index (χ1n) is 10.7. The highest BCUT2D eigenvalue weighted by Crippen LogP contribution is 2.61. The molecule has 0 saturated heterocycles. The molecule has 4 aliphatic carbocycles. The summed E-state index contributed by atoms with van der Waals surface area (Å²) in [7, 11) is 1.50. The molecule has 1 heterocycles. The highest BCUT2D eigenvalue weighted by molar-refractivity contribution is 5.84. The van der Waals surface area contributed by atoms with Gasteiger partial charge in [-0.1, -0.05) is 0 Å².